The quantitative estimate of drug-likeness (QED) is 0.429. The third-order valence-electron chi connectivity index (χ3n) is 5.31. The number of aliphatic carboxylic acids is 1. The molecule has 0 bridgehead atoms. The summed E-state index contributed by atoms with van der Waals surface area (Å²) in [6, 6.07) is 6.07. The van der Waals surface area contributed by atoms with E-state index in [2.05, 4.69) is 10.1 Å². The van der Waals surface area contributed by atoms with E-state index in [4.69, 9.17) is 5.11 Å². The van der Waals surface area contributed by atoms with E-state index >= 15 is 0 Å². The van der Waals surface area contributed by atoms with Crippen molar-refractivity contribution in [2.75, 3.05) is 6.54 Å². The number of carbonyl (C=O) groups is 3. The highest BCUT2D eigenvalue weighted by Gasteiger charge is 2.31. The van der Waals surface area contributed by atoms with Crippen LogP contribution in [0.5, 0.6) is 11.5 Å². The largest absolute Gasteiger partial charge is 0.573 e. The fourth-order valence-corrected chi connectivity index (χ4v) is 3.48. The van der Waals surface area contributed by atoms with Crippen LogP contribution in [-0.4, -0.2) is 45.5 Å². The zero-order chi connectivity index (χ0) is 26.1. The van der Waals surface area contributed by atoms with Crippen molar-refractivity contribution in [2.24, 2.45) is 5.92 Å². The number of halogens is 4. The first-order valence-electron chi connectivity index (χ1n) is 10.2. The molecule has 186 valence electrons. The van der Waals surface area contributed by atoms with Crippen molar-refractivity contribution in [2.45, 2.75) is 26.6 Å². The summed E-state index contributed by atoms with van der Waals surface area (Å²) in [6.45, 7) is 2.75. The molecule has 0 saturated heterocycles. The van der Waals surface area contributed by atoms with Crippen molar-refractivity contribution in [1.29, 1.82) is 0 Å². The van der Waals surface area contributed by atoms with Crippen LogP contribution in [0.15, 0.2) is 36.4 Å². The average molecular weight is 496 g/mol. The lowest BCUT2D eigenvalue weighted by molar-refractivity contribution is -0.274. The molecule has 3 rings (SSSR count). The lowest BCUT2D eigenvalue weighted by Gasteiger charge is -2.11. The van der Waals surface area contributed by atoms with Crippen molar-refractivity contribution >= 4 is 28.7 Å². The fraction of sp³-hybridized carbons (Fsp3) is 0.261. The van der Waals surface area contributed by atoms with Gasteiger partial charge < -0.3 is 20.3 Å². The van der Waals surface area contributed by atoms with Crippen LogP contribution >= 0.6 is 0 Å². The Labute approximate surface area is 195 Å². The Balaban J connectivity index is 1.99. The van der Waals surface area contributed by atoms with E-state index in [0.717, 1.165) is 41.0 Å². The summed E-state index contributed by atoms with van der Waals surface area (Å²) >= 11 is 0. The summed E-state index contributed by atoms with van der Waals surface area (Å²) < 4.78 is 56.2. The van der Waals surface area contributed by atoms with Gasteiger partial charge in [0, 0.05) is 29.3 Å². The molecular weight excluding hydrogens is 476 g/mol. The number of carbonyl (C=O) groups excluding carboxylic acids is 2. The van der Waals surface area contributed by atoms with Crippen LogP contribution in [0.25, 0.3) is 10.9 Å². The number of aromatic hydroxyl groups is 1. The molecule has 3 N–H and O–H groups in total. The topological polar surface area (TPSA) is 118 Å². The normalized spacial score (nSPS) is 12.4. The Morgan fingerprint density at radius 1 is 1.14 bits per heavy atom. The Bertz CT molecular complexity index is 1300. The minimum atomic E-state index is -4.91. The molecule has 1 unspecified atom stereocenters. The van der Waals surface area contributed by atoms with Gasteiger partial charge in [0.25, 0.3) is 5.91 Å². The second kappa shape index (κ2) is 9.65. The zero-order valence-corrected chi connectivity index (χ0v) is 18.4. The fourth-order valence-electron chi connectivity index (χ4n) is 3.48. The molecule has 35 heavy (non-hydrogen) atoms. The number of benzene rings is 2. The standard InChI is InChI=1S/C23H20F4N2O6/c1-11(22(33)34)10-28-20(31)8-15-12(2)29(18-9-17(24)19(30)7-16(15)18)21(32)13-3-5-14(6-4-13)35-23(25,26)27/h3-7,9,11,30H,8,10H2,1-2H3,(H,28,31)(H,33,34). The Hall–Kier alpha value is -4.09. The molecule has 1 heterocycles. The molecule has 0 saturated carbocycles. The molecule has 1 amide bonds. The Kier molecular flexibility index (Phi) is 7.04. The van der Waals surface area contributed by atoms with E-state index in [1.54, 1.807) is 0 Å². The molecule has 8 nitrogen and oxygen atoms in total. The van der Waals surface area contributed by atoms with E-state index in [9.17, 15) is 37.1 Å². The number of amides is 1. The first-order chi connectivity index (χ1) is 16.3. The van der Waals surface area contributed by atoms with E-state index < -0.39 is 47.4 Å². The number of nitrogens with one attached hydrogen (secondary N) is 1. The molecule has 0 radical (unpaired) electrons. The SMILES string of the molecule is Cc1c(CC(=O)NCC(C)C(=O)O)c2cc(O)c(F)cc2n1C(=O)c1ccc(OC(F)(F)F)cc1. The van der Waals surface area contributed by atoms with Gasteiger partial charge in [0.2, 0.25) is 5.91 Å². The minimum absolute atomic E-state index is 0.0279. The molecular formula is C23H20F4N2O6. The van der Waals surface area contributed by atoms with Gasteiger partial charge in [0.1, 0.15) is 5.75 Å². The second-order valence-electron chi connectivity index (χ2n) is 7.82. The van der Waals surface area contributed by atoms with Crippen molar-refractivity contribution in [3.63, 3.8) is 0 Å². The number of nitrogens with zero attached hydrogens (tertiary/aromatic N) is 1. The van der Waals surface area contributed by atoms with Gasteiger partial charge in [0.05, 0.1) is 17.9 Å². The molecule has 1 atom stereocenters. The van der Waals surface area contributed by atoms with Crippen LogP contribution in [-0.2, 0) is 16.0 Å². The van der Waals surface area contributed by atoms with Gasteiger partial charge in [-0.3, -0.25) is 19.0 Å². The van der Waals surface area contributed by atoms with Crippen LogP contribution in [0.1, 0.15) is 28.5 Å². The number of phenols is 1. The molecule has 0 aliphatic rings. The molecule has 3 aromatic rings. The number of phenolic OH excluding ortho intramolecular Hbond substituents is 1. The first kappa shape index (κ1) is 25.5. The minimum Gasteiger partial charge on any atom is -0.505 e. The van der Waals surface area contributed by atoms with Crippen molar-refractivity contribution in [3.8, 4) is 11.5 Å². The summed E-state index contributed by atoms with van der Waals surface area (Å²) in [6.07, 6.45) is -5.21. The summed E-state index contributed by atoms with van der Waals surface area (Å²) in [7, 11) is 0. The van der Waals surface area contributed by atoms with Crippen molar-refractivity contribution < 1.29 is 46.9 Å². The van der Waals surface area contributed by atoms with E-state index in [0.29, 0.717) is 0 Å². The number of hydrogen-bond acceptors (Lipinski definition) is 5. The van der Waals surface area contributed by atoms with Crippen molar-refractivity contribution in [3.05, 3.63) is 59.0 Å². The van der Waals surface area contributed by atoms with Crippen LogP contribution in [0.4, 0.5) is 17.6 Å². The number of carboxylic acids is 1. The second-order valence-corrected chi connectivity index (χ2v) is 7.82. The third-order valence-corrected chi connectivity index (χ3v) is 5.31. The summed E-state index contributed by atoms with van der Waals surface area (Å²) in [4.78, 5) is 36.6. The highest BCUT2D eigenvalue weighted by molar-refractivity contribution is 6.05. The summed E-state index contributed by atoms with van der Waals surface area (Å²) in [5.74, 6) is -5.50. The maximum absolute atomic E-state index is 14.2. The van der Waals surface area contributed by atoms with Gasteiger partial charge in [-0.05, 0) is 42.8 Å². The molecule has 0 aliphatic carbocycles. The number of aromatic nitrogens is 1. The number of carboxylic acid groups (broad SMARTS) is 1. The molecule has 2 aromatic carbocycles. The highest BCUT2D eigenvalue weighted by Crippen LogP contribution is 2.32. The van der Waals surface area contributed by atoms with Crippen LogP contribution < -0.4 is 10.1 Å². The first-order valence-corrected chi connectivity index (χ1v) is 10.2. The van der Waals surface area contributed by atoms with Crippen molar-refractivity contribution in [1.82, 2.24) is 9.88 Å². The predicted molar refractivity (Wildman–Crippen MR) is 115 cm³/mol. The number of hydrogen-bond donors (Lipinski definition) is 3. The van der Waals surface area contributed by atoms with Crippen LogP contribution in [0, 0.1) is 18.7 Å². The maximum Gasteiger partial charge on any atom is 0.573 e. The third kappa shape index (κ3) is 5.70. The molecule has 0 aliphatic heterocycles. The van der Waals surface area contributed by atoms with Gasteiger partial charge in [-0.1, -0.05) is 6.92 Å². The molecule has 0 fully saturated rings. The molecule has 12 heteroatoms. The van der Waals surface area contributed by atoms with Gasteiger partial charge >= 0.3 is 12.3 Å². The van der Waals surface area contributed by atoms with Crippen LogP contribution in [0.3, 0.4) is 0 Å². The predicted octanol–water partition coefficient (Wildman–Crippen LogP) is 3.76. The maximum atomic E-state index is 14.2. The zero-order valence-electron chi connectivity index (χ0n) is 18.4. The smallest absolute Gasteiger partial charge is 0.505 e. The molecule has 1 aromatic heterocycles. The summed E-state index contributed by atoms with van der Waals surface area (Å²) in [5.41, 5.74) is 0.493. The monoisotopic (exact) mass is 496 g/mol. The number of fused-ring (bicyclic) bond motifs is 1. The van der Waals surface area contributed by atoms with Crippen LogP contribution in [0.2, 0.25) is 0 Å². The van der Waals surface area contributed by atoms with Gasteiger partial charge in [-0.25, -0.2) is 4.39 Å². The number of ether oxygens (including phenoxy) is 1. The lowest BCUT2D eigenvalue weighted by atomic mass is 10.1. The number of rotatable bonds is 7. The number of alkyl halides is 3. The molecule has 0 spiro atoms. The Morgan fingerprint density at radius 3 is 2.34 bits per heavy atom. The Morgan fingerprint density at radius 2 is 1.77 bits per heavy atom. The average Bonchev–Trinajstić information content (AvgIpc) is 3.01. The van der Waals surface area contributed by atoms with Gasteiger partial charge in [-0.2, -0.15) is 0 Å². The van der Waals surface area contributed by atoms with Gasteiger partial charge in [0.15, 0.2) is 11.6 Å². The highest BCUT2D eigenvalue weighted by atomic mass is 19.4. The van der Waals surface area contributed by atoms with E-state index in [1.807, 2.05) is 0 Å². The van der Waals surface area contributed by atoms with Gasteiger partial charge in [-0.15, -0.1) is 13.2 Å². The lowest BCUT2D eigenvalue weighted by Crippen LogP contribution is -2.32. The van der Waals surface area contributed by atoms with E-state index in [-0.39, 0.29) is 40.7 Å². The van der Waals surface area contributed by atoms with E-state index in [1.165, 1.54) is 13.8 Å². The summed E-state index contributed by atoms with van der Waals surface area (Å²) in [5, 5.41) is 21.5.